The predicted molar refractivity (Wildman–Crippen MR) is 147 cm³/mol. The maximum Gasteiger partial charge on any atom is 0.338 e. The van der Waals surface area contributed by atoms with E-state index in [4.69, 9.17) is 9.88 Å². The third kappa shape index (κ3) is 5.81. The van der Waals surface area contributed by atoms with Crippen molar-refractivity contribution in [2.24, 2.45) is 5.14 Å². The molecule has 3 aromatic rings. The molecule has 0 spiro atoms. The van der Waals surface area contributed by atoms with Gasteiger partial charge in [0.05, 0.1) is 5.57 Å². The lowest BCUT2D eigenvalue weighted by Crippen LogP contribution is -2.41. The molecule has 0 aliphatic carbocycles. The molecule has 0 amide bonds. The zero-order valence-electron chi connectivity index (χ0n) is 21.8. The van der Waals surface area contributed by atoms with E-state index in [0.29, 0.717) is 36.0 Å². The van der Waals surface area contributed by atoms with Gasteiger partial charge in [-0.2, -0.15) is 0 Å². The van der Waals surface area contributed by atoms with E-state index in [0.717, 1.165) is 18.4 Å². The molecule has 0 saturated heterocycles. The van der Waals surface area contributed by atoms with Gasteiger partial charge in [0.15, 0.2) is 5.03 Å². The lowest BCUT2D eigenvalue weighted by atomic mass is 9.78. The highest BCUT2D eigenvalue weighted by Crippen LogP contribution is 2.44. The Morgan fingerprint density at radius 2 is 1.68 bits per heavy atom. The molecule has 0 saturated carbocycles. The minimum Gasteiger partial charge on any atom is -0.512 e. The summed E-state index contributed by atoms with van der Waals surface area (Å²) in [6.45, 7) is 3.96. The van der Waals surface area contributed by atoms with Crippen LogP contribution in [0.3, 0.4) is 0 Å². The van der Waals surface area contributed by atoms with Crippen LogP contribution in [0.25, 0.3) is 11.1 Å². The fraction of sp³-hybridized carbons (Fsp3) is 0.333. The summed E-state index contributed by atoms with van der Waals surface area (Å²) in [6.07, 6.45) is 4.89. The fourth-order valence-corrected chi connectivity index (χ4v) is 6.17. The van der Waals surface area contributed by atoms with Crippen molar-refractivity contribution >= 4 is 16.0 Å². The predicted octanol–water partition coefficient (Wildman–Crippen LogP) is 5.82. The molecule has 1 aliphatic rings. The van der Waals surface area contributed by atoms with Crippen LogP contribution in [0.2, 0.25) is 0 Å². The number of aromatic nitrogens is 1. The summed E-state index contributed by atoms with van der Waals surface area (Å²) in [7, 11) is -4.09. The lowest BCUT2D eigenvalue weighted by Gasteiger charge is -2.39. The molecule has 2 heterocycles. The molecule has 1 aliphatic heterocycles. The van der Waals surface area contributed by atoms with Gasteiger partial charge in [-0.25, -0.2) is 23.3 Å². The molecule has 2 atom stereocenters. The van der Waals surface area contributed by atoms with Crippen LogP contribution >= 0.6 is 0 Å². The third-order valence-corrected chi connectivity index (χ3v) is 8.04. The molecule has 2 unspecified atom stereocenters. The summed E-state index contributed by atoms with van der Waals surface area (Å²) in [5.74, 6) is -1.02. The summed E-state index contributed by atoms with van der Waals surface area (Å²) in [5.41, 5.74) is 2.20. The second-order valence-corrected chi connectivity index (χ2v) is 11.3. The molecule has 7 nitrogen and oxygen atoms in total. The van der Waals surface area contributed by atoms with Crippen molar-refractivity contribution in [3.05, 3.63) is 95.4 Å². The maximum atomic E-state index is 13.6. The number of esters is 1. The minimum absolute atomic E-state index is 0.0299. The Balaban J connectivity index is 1.74. The van der Waals surface area contributed by atoms with Crippen molar-refractivity contribution < 1.29 is 23.1 Å². The zero-order chi connectivity index (χ0) is 27.3. The molecular formula is C30H34N2O5S. The summed E-state index contributed by atoms with van der Waals surface area (Å²) in [6, 6.07) is 20.5. The largest absolute Gasteiger partial charge is 0.512 e. The van der Waals surface area contributed by atoms with Crippen LogP contribution in [0, 0.1) is 0 Å². The first kappa shape index (κ1) is 27.5. The van der Waals surface area contributed by atoms with Gasteiger partial charge >= 0.3 is 5.97 Å². The molecule has 4 rings (SSSR count). The van der Waals surface area contributed by atoms with E-state index >= 15 is 0 Å². The molecule has 0 bridgehead atoms. The Bertz CT molecular complexity index is 1440. The van der Waals surface area contributed by atoms with Gasteiger partial charge < -0.3 is 9.84 Å². The first-order valence-corrected chi connectivity index (χ1v) is 14.5. The van der Waals surface area contributed by atoms with E-state index in [-0.39, 0.29) is 22.8 Å². The molecule has 0 radical (unpaired) electrons. The number of nitrogens with zero attached hydrogens (tertiary/aromatic N) is 1. The number of primary sulfonamides is 1. The standard InChI is InChI=1S/C30H34N2O5S/c1-3-17-30(18-16-21-11-6-5-7-12-21)20-26(33)27(29(34)37-30)22(4-2)23-13-8-9-14-24(23)25-15-10-19-32-28(25)38(31,35)36/h5-15,19,22,33H,3-4,16-18,20H2,1-2H3,(H2,31,35,36). The fourth-order valence-electron chi connectivity index (χ4n) is 5.47. The quantitative estimate of drug-likeness (QED) is 0.316. The van der Waals surface area contributed by atoms with Crippen molar-refractivity contribution in [3.63, 3.8) is 0 Å². The molecule has 2 aromatic carbocycles. The van der Waals surface area contributed by atoms with E-state index in [1.54, 1.807) is 24.3 Å². The molecule has 38 heavy (non-hydrogen) atoms. The number of ether oxygens (including phenoxy) is 1. The van der Waals surface area contributed by atoms with E-state index in [1.165, 1.54) is 6.20 Å². The van der Waals surface area contributed by atoms with Gasteiger partial charge in [-0.05, 0) is 54.5 Å². The average Bonchev–Trinajstić information content (AvgIpc) is 2.90. The summed E-state index contributed by atoms with van der Waals surface area (Å²) in [5, 5.41) is 16.6. The smallest absolute Gasteiger partial charge is 0.338 e. The normalized spacial score (nSPS) is 18.8. The number of sulfonamides is 1. The second kappa shape index (κ2) is 11.5. The highest BCUT2D eigenvalue weighted by Gasteiger charge is 2.43. The van der Waals surface area contributed by atoms with Crippen LogP contribution in [-0.2, 0) is 26.0 Å². The minimum atomic E-state index is -4.09. The maximum absolute atomic E-state index is 13.6. The van der Waals surface area contributed by atoms with Crippen molar-refractivity contribution in [2.75, 3.05) is 0 Å². The number of aliphatic hydroxyl groups is 1. The Hall–Kier alpha value is -3.49. The molecular weight excluding hydrogens is 500 g/mol. The number of cyclic esters (lactones) is 1. The number of nitrogens with two attached hydrogens (primary N) is 1. The molecule has 8 heteroatoms. The number of hydrogen-bond donors (Lipinski definition) is 2. The van der Waals surface area contributed by atoms with Crippen LogP contribution in [0.1, 0.15) is 63.0 Å². The van der Waals surface area contributed by atoms with Gasteiger partial charge in [0.1, 0.15) is 11.4 Å². The summed E-state index contributed by atoms with van der Waals surface area (Å²) in [4.78, 5) is 17.6. The Labute approximate surface area is 224 Å². The van der Waals surface area contributed by atoms with E-state index in [2.05, 4.69) is 4.98 Å². The second-order valence-electron chi connectivity index (χ2n) is 9.79. The summed E-state index contributed by atoms with van der Waals surface area (Å²) < 4.78 is 30.7. The molecule has 1 aromatic heterocycles. The topological polar surface area (TPSA) is 120 Å². The number of hydrogen-bond acceptors (Lipinski definition) is 6. The van der Waals surface area contributed by atoms with Gasteiger partial charge in [0, 0.05) is 24.1 Å². The molecule has 3 N–H and O–H groups in total. The number of pyridine rings is 1. The van der Waals surface area contributed by atoms with Gasteiger partial charge in [-0.1, -0.05) is 74.9 Å². The van der Waals surface area contributed by atoms with E-state index in [9.17, 15) is 18.3 Å². The summed E-state index contributed by atoms with van der Waals surface area (Å²) >= 11 is 0. The highest BCUT2D eigenvalue weighted by molar-refractivity contribution is 7.89. The van der Waals surface area contributed by atoms with Crippen molar-refractivity contribution in [1.29, 1.82) is 0 Å². The van der Waals surface area contributed by atoms with Crippen LogP contribution in [0.4, 0.5) is 0 Å². The monoisotopic (exact) mass is 534 g/mol. The highest BCUT2D eigenvalue weighted by atomic mass is 32.2. The zero-order valence-corrected chi connectivity index (χ0v) is 22.6. The van der Waals surface area contributed by atoms with Crippen LogP contribution in [-0.4, -0.2) is 30.1 Å². The number of benzene rings is 2. The van der Waals surface area contributed by atoms with Gasteiger partial charge in [-0.15, -0.1) is 0 Å². The van der Waals surface area contributed by atoms with Crippen molar-refractivity contribution in [1.82, 2.24) is 4.98 Å². The Morgan fingerprint density at radius 1 is 1.00 bits per heavy atom. The van der Waals surface area contributed by atoms with Crippen molar-refractivity contribution in [3.8, 4) is 11.1 Å². The molecule has 0 fully saturated rings. The first-order valence-electron chi connectivity index (χ1n) is 13.0. The Morgan fingerprint density at radius 3 is 2.34 bits per heavy atom. The SMILES string of the molecule is CCCC1(CCc2ccccc2)CC(O)=C(C(CC)c2ccccc2-c2cccnc2S(N)(=O)=O)C(=O)O1. The van der Waals surface area contributed by atoms with Gasteiger partial charge in [0.25, 0.3) is 10.0 Å². The average molecular weight is 535 g/mol. The number of carbonyl (C=O) groups excluding carboxylic acids is 1. The van der Waals surface area contributed by atoms with Gasteiger partial charge in [0.2, 0.25) is 0 Å². The van der Waals surface area contributed by atoms with E-state index in [1.807, 2.05) is 56.3 Å². The van der Waals surface area contributed by atoms with Gasteiger partial charge in [-0.3, -0.25) is 0 Å². The van der Waals surface area contributed by atoms with Crippen LogP contribution in [0.15, 0.2) is 89.3 Å². The van der Waals surface area contributed by atoms with E-state index < -0.39 is 27.5 Å². The lowest BCUT2D eigenvalue weighted by molar-refractivity contribution is -0.161. The van der Waals surface area contributed by atoms with Crippen molar-refractivity contribution in [2.45, 2.75) is 68.9 Å². The number of aryl methyl sites for hydroxylation is 1. The molecule has 200 valence electrons. The Kier molecular flexibility index (Phi) is 8.33. The number of carbonyl (C=O) groups is 1. The number of rotatable bonds is 10. The number of aliphatic hydroxyl groups excluding tert-OH is 1. The first-order chi connectivity index (χ1) is 18.2. The third-order valence-electron chi connectivity index (χ3n) is 7.17. The van der Waals surface area contributed by atoms with Crippen LogP contribution in [0.5, 0.6) is 0 Å². The van der Waals surface area contributed by atoms with Crippen LogP contribution < -0.4 is 5.14 Å².